The van der Waals surface area contributed by atoms with Crippen molar-refractivity contribution < 1.29 is 13.2 Å². The smallest absolute Gasteiger partial charge is 0.264 e. The lowest BCUT2D eigenvalue weighted by Gasteiger charge is -2.23. The third-order valence-corrected chi connectivity index (χ3v) is 7.73. The van der Waals surface area contributed by atoms with Crippen molar-refractivity contribution >= 4 is 21.6 Å². The van der Waals surface area contributed by atoms with Gasteiger partial charge in [-0.2, -0.15) is 0 Å². The number of fused-ring (bicyclic) bond motifs is 2. The minimum atomic E-state index is -3.66. The number of rotatable bonds is 5. The summed E-state index contributed by atoms with van der Waals surface area (Å²) >= 11 is 0. The van der Waals surface area contributed by atoms with E-state index < -0.39 is 10.0 Å². The molecule has 1 amide bonds. The zero-order valence-corrected chi connectivity index (χ0v) is 16.2. The predicted octanol–water partition coefficient (Wildman–Crippen LogP) is 3.43. The molecule has 0 radical (unpaired) electrons. The fraction of sp³-hybridized carbons (Fsp3) is 0.381. The molecule has 2 aliphatic carbocycles. The maximum absolute atomic E-state index is 12.8. The van der Waals surface area contributed by atoms with Gasteiger partial charge in [0.1, 0.15) is 0 Å². The van der Waals surface area contributed by atoms with E-state index in [0.717, 1.165) is 12.3 Å². The molecule has 142 valence electrons. The third-order valence-electron chi connectivity index (χ3n) is 5.93. The summed E-state index contributed by atoms with van der Waals surface area (Å²) in [6.07, 6.45) is 4.78. The van der Waals surface area contributed by atoms with Gasteiger partial charge in [-0.25, -0.2) is 8.42 Å². The first kappa shape index (κ1) is 18.0. The zero-order valence-electron chi connectivity index (χ0n) is 15.3. The van der Waals surface area contributed by atoms with Crippen LogP contribution in [0.2, 0.25) is 0 Å². The molecule has 3 atom stereocenters. The first-order valence-corrected chi connectivity index (χ1v) is 10.8. The molecule has 0 aromatic heterocycles. The number of hydrogen-bond donors (Lipinski definition) is 1. The normalized spacial score (nSPS) is 24.0. The summed E-state index contributed by atoms with van der Waals surface area (Å²) in [7, 11) is -2.15. The highest BCUT2D eigenvalue weighted by Crippen LogP contribution is 2.44. The molecule has 1 N–H and O–H groups in total. The average Bonchev–Trinajstić information content (AvgIpc) is 3.31. The lowest BCUT2D eigenvalue weighted by atomic mass is 9.95. The fourth-order valence-electron chi connectivity index (χ4n) is 4.41. The molecule has 0 unspecified atom stereocenters. The Morgan fingerprint density at radius 1 is 1.04 bits per heavy atom. The number of hydrogen-bond acceptors (Lipinski definition) is 3. The van der Waals surface area contributed by atoms with Gasteiger partial charge >= 0.3 is 0 Å². The van der Waals surface area contributed by atoms with Crippen molar-refractivity contribution in [1.82, 2.24) is 5.32 Å². The Morgan fingerprint density at radius 3 is 2.48 bits per heavy atom. The number of anilines is 1. The van der Waals surface area contributed by atoms with Crippen LogP contribution in [0.25, 0.3) is 0 Å². The van der Waals surface area contributed by atoms with Gasteiger partial charge in [-0.05, 0) is 61.4 Å². The number of benzene rings is 2. The lowest BCUT2D eigenvalue weighted by Crippen LogP contribution is -2.38. The van der Waals surface area contributed by atoms with Crippen molar-refractivity contribution in [2.24, 2.45) is 11.8 Å². The largest absolute Gasteiger partial charge is 0.349 e. The van der Waals surface area contributed by atoms with Gasteiger partial charge < -0.3 is 5.32 Å². The van der Waals surface area contributed by atoms with Crippen molar-refractivity contribution in [3.63, 3.8) is 0 Å². The highest BCUT2D eigenvalue weighted by atomic mass is 32.2. The van der Waals surface area contributed by atoms with Crippen LogP contribution in [0, 0.1) is 11.8 Å². The highest BCUT2D eigenvalue weighted by molar-refractivity contribution is 7.92. The van der Waals surface area contributed by atoms with E-state index >= 15 is 0 Å². The van der Waals surface area contributed by atoms with Crippen LogP contribution < -0.4 is 9.62 Å². The van der Waals surface area contributed by atoms with Crippen molar-refractivity contribution in [1.29, 1.82) is 0 Å². The lowest BCUT2D eigenvalue weighted by molar-refractivity contribution is 0.0923. The summed E-state index contributed by atoms with van der Waals surface area (Å²) in [6, 6.07) is 15.4. The molecule has 2 aromatic rings. The standard InChI is InChI=1S/C21H24N2O3S/c1-23(27(25,26)19-8-3-2-4-9-19)18-7-5-6-17(14-18)21(24)22-20-13-15-10-11-16(20)12-15/h2-9,14-16,20H,10-13H2,1H3,(H,22,24)/t15-,16-,20-/m0/s1. The maximum atomic E-state index is 12.8. The van der Waals surface area contributed by atoms with Crippen molar-refractivity contribution in [2.75, 3.05) is 11.4 Å². The molecule has 0 spiro atoms. The van der Waals surface area contributed by atoms with Crippen molar-refractivity contribution in [2.45, 2.75) is 36.6 Å². The Hall–Kier alpha value is -2.34. The van der Waals surface area contributed by atoms with Crippen LogP contribution in [0.3, 0.4) is 0 Å². The second-order valence-corrected chi connectivity index (χ2v) is 9.56. The molecular formula is C21H24N2O3S. The van der Waals surface area contributed by atoms with Crippen molar-refractivity contribution in [3.8, 4) is 0 Å². The Morgan fingerprint density at radius 2 is 1.81 bits per heavy atom. The first-order valence-electron chi connectivity index (χ1n) is 9.40. The summed E-state index contributed by atoms with van der Waals surface area (Å²) in [5.74, 6) is 1.23. The summed E-state index contributed by atoms with van der Waals surface area (Å²) < 4.78 is 26.8. The van der Waals surface area contributed by atoms with Crippen LogP contribution >= 0.6 is 0 Å². The minimum absolute atomic E-state index is 0.125. The van der Waals surface area contributed by atoms with Gasteiger partial charge in [0.25, 0.3) is 15.9 Å². The number of amides is 1. The number of nitrogens with zero attached hydrogens (tertiary/aromatic N) is 1. The predicted molar refractivity (Wildman–Crippen MR) is 105 cm³/mol. The van der Waals surface area contributed by atoms with E-state index in [-0.39, 0.29) is 16.8 Å². The molecule has 2 saturated carbocycles. The Bertz CT molecular complexity index is 943. The van der Waals surface area contributed by atoms with Gasteiger partial charge in [-0.15, -0.1) is 0 Å². The van der Waals surface area contributed by atoms with Crippen LogP contribution in [0.5, 0.6) is 0 Å². The van der Waals surface area contributed by atoms with E-state index in [9.17, 15) is 13.2 Å². The second-order valence-electron chi connectivity index (χ2n) is 7.59. The molecule has 4 rings (SSSR count). The second kappa shape index (κ2) is 7.00. The van der Waals surface area contributed by atoms with E-state index in [4.69, 9.17) is 0 Å². The van der Waals surface area contributed by atoms with Crippen LogP contribution in [-0.4, -0.2) is 27.4 Å². The van der Waals surface area contributed by atoms with Crippen LogP contribution in [0.1, 0.15) is 36.0 Å². The monoisotopic (exact) mass is 384 g/mol. The topological polar surface area (TPSA) is 66.5 Å². The maximum Gasteiger partial charge on any atom is 0.264 e. The van der Waals surface area contributed by atoms with Gasteiger partial charge in [-0.1, -0.05) is 30.7 Å². The minimum Gasteiger partial charge on any atom is -0.349 e. The van der Waals surface area contributed by atoms with Gasteiger partial charge in [0.05, 0.1) is 10.6 Å². The van der Waals surface area contributed by atoms with Crippen LogP contribution in [-0.2, 0) is 10.0 Å². The number of sulfonamides is 1. The molecule has 2 aliphatic rings. The summed E-state index contributed by atoms with van der Waals surface area (Å²) in [4.78, 5) is 12.9. The molecular weight excluding hydrogens is 360 g/mol. The molecule has 0 heterocycles. The fourth-order valence-corrected chi connectivity index (χ4v) is 5.61. The number of carbonyl (C=O) groups excluding carboxylic acids is 1. The Balaban J connectivity index is 1.52. The molecule has 27 heavy (non-hydrogen) atoms. The molecule has 6 heteroatoms. The van der Waals surface area contributed by atoms with Gasteiger partial charge in [0.15, 0.2) is 0 Å². The number of nitrogens with one attached hydrogen (secondary N) is 1. The average molecular weight is 385 g/mol. The van der Waals surface area contributed by atoms with Gasteiger partial charge in [0.2, 0.25) is 0 Å². The molecule has 0 saturated heterocycles. The van der Waals surface area contributed by atoms with Crippen molar-refractivity contribution in [3.05, 3.63) is 60.2 Å². The van der Waals surface area contributed by atoms with E-state index in [1.807, 2.05) is 0 Å². The third kappa shape index (κ3) is 3.46. The van der Waals surface area contributed by atoms with E-state index in [1.165, 1.54) is 30.6 Å². The first-order chi connectivity index (χ1) is 12.9. The quantitative estimate of drug-likeness (QED) is 0.859. The van der Waals surface area contributed by atoms with E-state index in [0.29, 0.717) is 17.2 Å². The Kier molecular flexibility index (Phi) is 4.68. The molecule has 2 aromatic carbocycles. The van der Waals surface area contributed by atoms with Gasteiger partial charge in [0, 0.05) is 18.7 Å². The zero-order chi connectivity index (χ0) is 19.0. The molecule has 2 fully saturated rings. The van der Waals surface area contributed by atoms with Crippen LogP contribution in [0.4, 0.5) is 5.69 Å². The molecule has 2 bridgehead atoms. The number of carbonyl (C=O) groups is 1. The molecule has 5 nitrogen and oxygen atoms in total. The van der Waals surface area contributed by atoms with Gasteiger partial charge in [-0.3, -0.25) is 9.10 Å². The van der Waals surface area contributed by atoms with E-state index in [2.05, 4.69) is 5.32 Å². The Labute approximate surface area is 160 Å². The van der Waals surface area contributed by atoms with Crippen LogP contribution in [0.15, 0.2) is 59.5 Å². The van der Waals surface area contributed by atoms with E-state index in [1.54, 1.807) is 54.6 Å². The summed E-state index contributed by atoms with van der Waals surface area (Å²) in [5, 5.41) is 3.16. The SMILES string of the molecule is CN(c1cccc(C(=O)N[C@H]2C[C@H]3CC[C@H]2C3)c1)S(=O)(=O)c1ccccc1. The molecule has 0 aliphatic heterocycles. The summed E-state index contributed by atoms with van der Waals surface area (Å²) in [6.45, 7) is 0. The highest BCUT2D eigenvalue weighted by Gasteiger charge is 2.40. The summed E-state index contributed by atoms with van der Waals surface area (Å²) in [5.41, 5.74) is 0.963.